The molecular weight excluding hydrogens is 282 g/mol. The van der Waals surface area contributed by atoms with Gasteiger partial charge in [0.25, 0.3) is 0 Å². The van der Waals surface area contributed by atoms with Crippen LogP contribution in [0, 0.1) is 0 Å². The van der Waals surface area contributed by atoms with Crippen molar-refractivity contribution < 1.29 is 5.11 Å². The summed E-state index contributed by atoms with van der Waals surface area (Å²) in [6, 6.07) is 7.50. The highest BCUT2D eigenvalue weighted by atomic mass is 35.5. The maximum atomic E-state index is 9.36. The first kappa shape index (κ1) is 12.2. The van der Waals surface area contributed by atoms with Crippen LogP contribution in [0.4, 0.5) is 5.69 Å². The van der Waals surface area contributed by atoms with Crippen molar-refractivity contribution in [2.45, 2.75) is 6.54 Å². The van der Waals surface area contributed by atoms with E-state index in [1.165, 1.54) is 17.5 Å². The maximum absolute atomic E-state index is 9.36. The minimum atomic E-state index is 0.174. The fourth-order valence-electron chi connectivity index (χ4n) is 1.77. The number of thiazole rings is 1. The Kier molecular flexibility index (Phi) is 3.23. The van der Waals surface area contributed by atoms with Crippen LogP contribution in [-0.4, -0.2) is 15.1 Å². The second-order valence-electron chi connectivity index (χ2n) is 4.03. The highest BCUT2D eigenvalue weighted by molar-refractivity contribution is 7.15. The molecule has 2 aromatic heterocycles. The van der Waals surface area contributed by atoms with Crippen molar-refractivity contribution >= 4 is 39.5 Å². The Morgan fingerprint density at radius 3 is 2.89 bits per heavy atom. The minimum absolute atomic E-state index is 0.174. The quantitative estimate of drug-likeness (QED) is 0.773. The highest BCUT2D eigenvalue weighted by Crippen LogP contribution is 2.22. The number of benzene rings is 1. The van der Waals surface area contributed by atoms with Crippen molar-refractivity contribution in [3.8, 4) is 5.75 Å². The van der Waals surface area contributed by atoms with Crippen LogP contribution in [0.1, 0.15) is 4.88 Å². The monoisotopic (exact) mass is 291 g/mol. The van der Waals surface area contributed by atoms with E-state index in [2.05, 4.69) is 15.3 Å². The fraction of sp³-hybridized carbons (Fsp3) is 0.0769. The summed E-state index contributed by atoms with van der Waals surface area (Å²) < 4.78 is 0.549. The van der Waals surface area contributed by atoms with Gasteiger partial charge in [-0.05, 0) is 18.2 Å². The van der Waals surface area contributed by atoms with Crippen LogP contribution in [0.15, 0.2) is 36.7 Å². The summed E-state index contributed by atoms with van der Waals surface area (Å²) in [5, 5.41) is 13.6. The molecular formula is C13H10ClN3OS. The molecule has 19 heavy (non-hydrogen) atoms. The van der Waals surface area contributed by atoms with Crippen LogP contribution >= 0.6 is 22.9 Å². The molecule has 2 N–H and O–H groups in total. The third kappa shape index (κ3) is 2.77. The van der Waals surface area contributed by atoms with Gasteiger partial charge in [-0.2, -0.15) is 0 Å². The van der Waals surface area contributed by atoms with Gasteiger partial charge >= 0.3 is 0 Å². The molecule has 0 unspecified atom stereocenters. The van der Waals surface area contributed by atoms with E-state index >= 15 is 0 Å². The van der Waals surface area contributed by atoms with E-state index in [1.54, 1.807) is 12.3 Å². The van der Waals surface area contributed by atoms with E-state index in [1.807, 2.05) is 18.2 Å². The normalized spacial score (nSPS) is 10.8. The molecule has 0 aliphatic rings. The molecule has 0 atom stereocenters. The summed E-state index contributed by atoms with van der Waals surface area (Å²) in [6.07, 6.45) is 3.20. The molecule has 0 aliphatic heterocycles. The smallest absolute Gasteiger partial charge is 0.183 e. The molecule has 0 spiro atoms. The van der Waals surface area contributed by atoms with Crippen molar-refractivity contribution in [3.05, 3.63) is 46.0 Å². The first-order chi connectivity index (χ1) is 9.20. The molecule has 0 fully saturated rings. The summed E-state index contributed by atoms with van der Waals surface area (Å²) >= 11 is 7.24. The second-order valence-corrected chi connectivity index (χ2v) is 5.73. The summed E-state index contributed by atoms with van der Waals surface area (Å²) in [5.74, 6) is 0.174. The van der Waals surface area contributed by atoms with Gasteiger partial charge in [-0.25, -0.2) is 4.98 Å². The van der Waals surface area contributed by atoms with Crippen LogP contribution in [0.5, 0.6) is 5.75 Å². The average molecular weight is 292 g/mol. The maximum Gasteiger partial charge on any atom is 0.183 e. The summed E-state index contributed by atoms with van der Waals surface area (Å²) in [6.45, 7) is 0.675. The largest absolute Gasteiger partial charge is 0.506 e. The second kappa shape index (κ2) is 5.03. The van der Waals surface area contributed by atoms with Crippen molar-refractivity contribution in [2.24, 2.45) is 0 Å². The van der Waals surface area contributed by atoms with Crippen LogP contribution in [0.25, 0.3) is 10.9 Å². The SMILES string of the molecule is Oc1cnc2cc(NCc3cnc(Cl)s3)ccc2c1. The Morgan fingerprint density at radius 2 is 2.11 bits per heavy atom. The molecule has 96 valence electrons. The zero-order chi connectivity index (χ0) is 13.2. The number of halogens is 1. The summed E-state index contributed by atoms with van der Waals surface area (Å²) in [4.78, 5) is 9.24. The highest BCUT2D eigenvalue weighted by Gasteiger charge is 2.01. The van der Waals surface area contributed by atoms with E-state index in [0.717, 1.165) is 21.5 Å². The number of hydrogen-bond acceptors (Lipinski definition) is 5. The number of nitrogens with one attached hydrogen (secondary N) is 1. The summed E-state index contributed by atoms with van der Waals surface area (Å²) in [7, 11) is 0. The number of rotatable bonds is 3. The molecule has 0 radical (unpaired) electrons. The molecule has 1 aromatic carbocycles. The van der Waals surface area contributed by atoms with Gasteiger partial charge < -0.3 is 10.4 Å². The van der Waals surface area contributed by atoms with Gasteiger partial charge in [0.15, 0.2) is 4.47 Å². The van der Waals surface area contributed by atoms with E-state index in [-0.39, 0.29) is 5.75 Å². The standard InChI is InChI=1S/C13H10ClN3OS/c14-13-17-7-11(19-13)6-15-9-2-1-8-3-10(18)5-16-12(8)4-9/h1-5,7,15,18H,6H2. The van der Waals surface area contributed by atoms with Gasteiger partial charge in [-0.15, -0.1) is 11.3 Å². The number of anilines is 1. The number of nitrogens with zero attached hydrogens (tertiary/aromatic N) is 2. The Labute approximate surface area is 118 Å². The number of pyridine rings is 1. The molecule has 2 heterocycles. The number of aromatic nitrogens is 2. The van der Waals surface area contributed by atoms with Gasteiger partial charge in [0.05, 0.1) is 18.3 Å². The third-order valence-corrected chi connectivity index (χ3v) is 3.78. The minimum Gasteiger partial charge on any atom is -0.506 e. The lowest BCUT2D eigenvalue weighted by atomic mass is 10.2. The average Bonchev–Trinajstić information content (AvgIpc) is 2.82. The Balaban J connectivity index is 1.79. The Bertz CT molecular complexity index is 729. The van der Waals surface area contributed by atoms with Gasteiger partial charge in [-0.1, -0.05) is 17.7 Å². The Hall–Kier alpha value is -1.85. The lowest BCUT2D eigenvalue weighted by Crippen LogP contribution is -1.97. The van der Waals surface area contributed by atoms with Gasteiger partial charge in [0.2, 0.25) is 0 Å². The van der Waals surface area contributed by atoms with Gasteiger partial charge in [0, 0.05) is 22.1 Å². The first-order valence-corrected chi connectivity index (χ1v) is 6.83. The van der Waals surface area contributed by atoms with Gasteiger partial charge in [-0.3, -0.25) is 4.98 Å². The lowest BCUT2D eigenvalue weighted by molar-refractivity contribution is 0.474. The first-order valence-electron chi connectivity index (χ1n) is 5.63. The van der Waals surface area contributed by atoms with E-state index < -0.39 is 0 Å². The molecule has 0 saturated heterocycles. The molecule has 0 saturated carbocycles. The predicted molar refractivity (Wildman–Crippen MR) is 77.9 cm³/mol. The molecule has 4 nitrogen and oxygen atoms in total. The van der Waals surface area contributed by atoms with E-state index in [0.29, 0.717) is 11.0 Å². The number of fused-ring (bicyclic) bond motifs is 1. The molecule has 0 aliphatic carbocycles. The van der Waals surface area contributed by atoms with Crippen molar-refractivity contribution in [1.29, 1.82) is 0 Å². The molecule has 0 bridgehead atoms. The Morgan fingerprint density at radius 1 is 1.21 bits per heavy atom. The van der Waals surface area contributed by atoms with Crippen LogP contribution < -0.4 is 5.32 Å². The zero-order valence-electron chi connectivity index (χ0n) is 9.80. The van der Waals surface area contributed by atoms with Crippen LogP contribution in [0.3, 0.4) is 0 Å². The topological polar surface area (TPSA) is 58.0 Å². The predicted octanol–water partition coefficient (Wildman–Crippen LogP) is 3.66. The zero-order valence-corrected chi connectivity index (χ0v) is 11.4. The molecule has 3 aromatic rings. The van der Waals surface area contributed by atoms with Crippen molar-refractivity contribution in [2.75, 3.05) is 5.32 Å². The van der Waals surface area contributed by atoms with Crippen LogP contribution in [-0.2, 0) is 6.54 Å². The van der Waals surface area contributed by atoms with Crippen LogP contribution in [0.2, 0.25) is 4.47 Å². The molecule has 3 rings (SSSR count). The van der Waals surface area contributed by atoms with E-state index in [9.17, 15) is 5.11 Å². The number of hydrogen-bond donors (Lipinski definition) is 2. The summed E-state index contributed by atoms with van der Waals surface area (Å²) in [5.41, 5.74) is 1.81. The van der Waals surface area contributed by atoms with E-state index in [4.69, 9.17) is 11.6 Å². The molecule has 6 heteroatoms. The lowest BCUT2D eigenvalue weighted by Gasteiger charge is -2.06. The van der Waals surface area contributed by atoms with Gasteiger partial charge in [0.1, 0.15) is 5.75 Å². The van der Waals surface area contributed by atoms with Crippen molar-refractivity contribution in [1.82, 2.24) is 9.97 Å². The fourth-order valence-corrected chi connectivity index (χ4v) is 2.69. The van der Waals surface area contributed by atoms with Crippen molar-refractivity contribution in [3.63, 3.8) is 0 Å². The third-order valence-electron chi connectivity index (χ3n) is 2.66. The molecule has 0 amide bonds. The number of aromatic hydroxyl groups is 1.